The molecule has 2 rings (SSSR count). The Labute approximate surface area is 110 Å². The predicted octanol–water partition coefficient (Wildman–Crippen LogP) is 3.62. The van der Waals surface area contributed by atoms with Crippen molar-refractivity contribution in [2.75, 3.05) is 0 Å². The highest BCUT2D eigenvalue weighted by Gasteiger charge is 2.07. The molecule has 0 saturated carbocycles. The summed E-state index contributed by atoms with van der Waals surface area (Å²) >= 11 is 4.16. The van der Waals surface area contributed by atoms with E-state index in [1.54, 1.807) is 18.2 Å². The molecule has 2 aromatic carbocycles. The third-order valence-electron chi connectivity index (χ3n) is 2.30. The lowest BCUT2D eigenvalue weighted by molar-refractivity contribution is -0.385. The van der Waals surface area contributed by atoms with Gasteiger partial charge < -0.3 is 4.74 Å². The van der Waals surface area contributed by atoms with Crippen LogP contribution in [0, 0.1) is 16.2 Å². The van der Waals surface area contributed by atoms with E-state index in [0.29, 0.717) is 17.3 Å². The zero-order valence-corrected chi connectivity index (χ0v) is 10.3. The van der Waals surface area contributed by atoms with Crippen molar-refractivity contribution in [3.05, 3.63) is 64.2 Å². The van der Waals surface area contributed by atoms with E-state index in [1.807, 2.05) is 12.1 Å². The van der Waals surface area contributed by atoms with E-state index < -0.39 is 4.92 Å². The van der Waals surface area contributed by atoms with Crippen LogP contribution in [0.15, 0.2) is 42.5 Å². The van der Waals surface area contributed by atoms with Crippen molar-refractivity contribution in [3.8, 4) is 11.5 Å². The van der Waals surface area contributed by atoms with Crippen LogP contribution < -0.4 is 4.74 Å². The summed E-state index contributed by atoms with van der Waals surface area (Å²) in [5.74, 6) is 1.70. The van der Waals surface area contributed by atoms with Crippen LogP contribution in [0.3, 0.4) is 0 Å². The summed E-state index contributed by atoms with van der Waals surface area (Å²) in [4.78, 5) is 10.1. The van der Waals surface area contributed by atoms with Gasteiger partial charge in [0.25, 0.3) is 5.69 Å². The molecule has 0 N–H and O–H groups in total. The van der Waals surface area contributed by atoms with E-state index in [0.717, 1.165) is 5.56 Å². The Balaban J connectivity index is 2.17. The number of hydrogen-bond acceptors (Lipinski definition) is 4. The molecule has 0 bridgehead atoms. The van der Waals surface area contributed by atoms with E-state index in [9.17, 15) is 10.1 Å². The largest absolute Gasteiger partial charge is 0.457 e. The van der Waals surface area contributed by atoms with Crippen molar-refractivity contribution in [3.63, 3.8) is 0 Å². The number of non-ortho nitro benzene ring substituents is 1. The van der Waals surface area contributed by atoms with Gasteiger partial charge in [-0.05, 0) is 29.8 Å². The lowest BCUT2D eigenvalue weighted by Crippen LogP contribution is -1.90. The highest BCUT2D eigenvalue weighted by molar-refractivity contribution is 7.79. The average Bonchev–Trinajstić information content (AvgIpc) is 2.40. The lowest BCUT2D eigenvalue weighted by atomic mass is 10.2. The van der Waals surface area contributed by atoms with Crippen molar-refractivity contribution in [1.29, 1.82) is 0 Å². The number of ether oxygens (including phenoxy) is 1. The Bertz CT molecular complexity index is 554. The van der Waals surface area contributed by atoms with Crippen LogP contribution >= 0.6 is 12.6 Å². The van der Waals surface area contributed by atoms with Crippen LogP contribution in [0.2, 0.25) is 0 Å². The molecule has 0 aliphatic rings. The number of thiol groups is 1. The Morgan fingerprint density at radius 3 is 2.56 bits per heavy atom. The maximum Gasteiger partial charge on any atom is 0.281 e. The number of rotatable bonds is 4. The summed E-state index contributed by atoms with van der Waals surface area (Å²) in [5, 5.41) is 10.6. The smallest absolute Gasteiger partial charge is 0.281 e. The van der Waals surface area contributed by atoms with Gasteiger partial charge in [0.1, 0.15) is 11.5 Å². The second-order valence-corrected chi connectivity index (χ2v) is 3.89. The van der Waals surface area contributed by atoms with Crippen LogP contribution in [0.5, 0.6) is 11.5 Å². The summed E-state index contributed by atoms with van der Waals surface area (Å²) in [5.41, 5.74) is 0.970. The van der Waals surface area contributed by atoms with E-state index >= 15 is 0 Å². The monoisotopic (exact) mass is 260 g/mol. The molecule has 0 aliphatic carbocycles. The molecule has 18 heavy (non-hydrogen) atoms. The Hall–Kier alpha value is -2.01. The van der Waals surface area contributed by atoms with Gasteiger partial charge in [0.15, 0.2) is 0 Å². The SMILES string of the molecule is O=[N+]([O-])c1[c]ccc(Oc2ccc(CS)cc2)c1. The second kappa shape index (κ2) is 5.55. The molecule has 0 saturated heterocycles. The third kappa shape index (κ3) is 3.01. The third-order valence-corrected chi connectivity index (χ3v) is 2.66. The highest BCUT2D eigenvalue weighted by Crippen LogP contribution is 2.25. The lowest BCUT2D eigenvalue weighted by Gasteiger charge is -2.05. The number of hydrogen-bond donors (Lipinski definition) is 1. The summed E-state index contributed by atoms with van der Waals surface area (Å²) in [6.45, 7) is 0. The molecular weight excluding hydrogens is 250 g/mol. The molecular formula is C13H10NO3S. The van der Waals surface area contributed by atoms with Gasteiger partial charge in [0, 0.05) is 5.75 Å². The fourth-order valence-corrected chi connectivity index (χ4v) is 1.61. The normalized spacial score (nSPS) is 10.1. The molecule has 0 aromatic heterocycles. The summed E-state index contributed by atoms with van der Waals surface area (Å²) in [7, 11) is 0. The summed E-state index contributed by atoms with van der Waals surface area (Å²) in [6, 6.07) is 14.3. The van der Waals surface area contributed by atoms with Crippen LogP contribution in [0.1, 0.15) is 5.56 Å². The van der Waals surface area contributed by atoms with E-state index in [-0.39, 0.29) is 5.69 Å². The number of benzene rings is 2. The Morgan fingerprint density at radius 1 is 1.22 bits per heavy atom. The van der Waals surface area contributed by atoms with Gasteiger partial charge in [-0.25, -0.2) is 0 Å². The van der Waals surface area contributed by atoms with Crippen molar-refractivity contribution in [2.24, 2.45) is 0 Å². The number of nitro benzene ring substituents is 1. The van der Waals surface area contributed by atoms with Gasteiger partial charge in [-0.1, -0.05) is 12.1 Å². The second-order valence-electron chi connectivity index (χ2n) is 3.57. The first kappa shape index (κ1) is 12.4. The summed E-state index contributed by atoms with van der Waals surface area (Å²) < 4.78 is 5.52. The van der Waals surface area contributed by atoms with Gasteiger partial charge in [-0.15, -0.1) is 0 Å². The molecule has 2 aromatic rings. The maximum atomic E-state index is 10.6. The fraction of sp³-hybridized carbons (Fsp3) is 0.0769. The van der Waals surface area contributed by atoms with Crippen molar-refractivity contribution in [2.45, 2.75) is 5.75 Å². The standard InChI is InChI=1S/C13H10NO3S/c15-14(16)11-2-1-3-13(8-11)17-12-6-4-10(9-18)5-7-12/h1,3-8,18H,9H2. The highest BCUT2D eigenvalue weighted by atomic mass is 32.1. The molecule has 4 nitrogen and oxygen atoms in total. The van der Waals surface area contributed by atoms with Crippen LogP contribution in [-0.2, 0) is 5.75 Å². The fourth-order valence-electron chi connectivity index (χ4n) is 1.40. The minimum Gasteiger partial charge on any atom is -0.457 e. The topological polar surface area (TPSA) is 52.4 Å². The minimum atomic E-state index is -0.503. The first-order chi connectivity index (χ1) is 8.69. The molecule has 0 amide bonds. The molecule has 0 atom stereocenters. The molecule has 0 spiro atoms. The van der Waals surface area contributed by atoms with E-state index in [1.165, 1.54) is 12.1 Å². The molecule has 5 heteroatoms. The quantitative estimate of drug-likeness (QED) is 0.519. The molecule has 0 aliphatic heterocycles. The van der Waals surface area contributed by atoms with Gasteiger partial charge in [0.2, 0.25) is 0 Å². The molecule has 1 radical (unpaired) electrons. The van der Waals surface area contributed by atoms with Gasteiger partial charge in [-0.3, -0.25) is 10.1 Å². The maximum absolute atomic E-state index is 10.6. The van der Waals surface area contributed by atoms with E-state index in [4.69, 9.17) is 4.74 Å². The van der Waals surface area contributed by atoms with Gasteiger partial charge >= 0.3 is 0 Å². The molecule has 0 fully saturated rings. The first-order valence-electron chi connectivity index (χ1n) is 5.23. The zero-order chi connectivity index (χ0) is 13.0. The van der Waals surface area contributed by atoms with Gasteiger partial charge in [-0.2, -0.15) is 12.6 Å². The van der Waals surface area contributed by atoms with Crippen LogP contribution in [-0.4, -0.2) is 4.92 Å². The minimum absolute atomic E-state index is 0.112. The summed E-state index contributed by atoms with van der Waals surface area (Å²) in [6.07, 6.45) is 0. The van der Waals surface area contributed by atoms with E-state index in [2.05, 4.69) is 18.7 Å². The van der Waals surface area contributed by atoms with Gasteiger partial charge in [0.05, 0.1) is 17.1 Å². The van der Waals surface area contributed by atoms with Crippen molar-refractivity contribution < 1.29 is 9.66 Å². The Morgan fingerprint density at radius 2 is 1.94 bits per heavy atom. The van der Waals surface area contributed by atoms with Crippen LogP contribution in [0.25, 0.3) is 0 Å². The molecule has 0 heterocycles. The average molecular weight is 260 g/mol. The van der Waals surface area contributed by atoms with Crippen molar-refractivity contribution >= 4 is 18.3 Å². The first-order valence-corrected chi connectivity index (χ1v) is 5.86. The van der Waals surface area contributed by atoms with Crippen LogP contribution in [0.4, 0.5) is 5.69 Å². The zero-order valence-electron chi connectivity index (χ0n) is 9.37. The molecule has 91 valence electrons. The molecule has 0 unspecified atom stereocenters. The predicted molar refractivity (Wildman–Crippen MR) is 71.1 cm³/mol. The number of nitro groups is 1. The van der Waals surface area contributed by atoms with Crippen molar-refractivity contribution in [1.82, 2.24) is 0 Å². The number of nitrogens with zero attached hydrogens (tertiary/aromatic N) is 1. The Kier molecular flexibility index (Phi) is 3.84.